The Bertz CT molecular complexity index is 430. The van der Waals surface area contributed by atoms with E-state index in [0.29, 0.717) is 18.3 Å². The molecule has 0 saturated carbocycles. The van der Waals surface area contributed by atoms with Crippen LogP contribution in [0.1, 0.15) is 52.9 Å². The van der Waals surface area contributed by atoms with Crippen molar-refractivity contribution in [3.63, 3.8) is 0 Å². The van der Waals surface area contributed by atoms with Crippen molar-refractivity contribution in [2.45, 2.75) is 58.9 Å². The maximum Gasteiger partial charge on any atom is 0.225 e. The van der Waals surface area contributed by atoms with Crippen molar-refractivity contribution in [1.29, 1.82) is 0 Å². The quantitative estimate of drug-likeness (QED) is 0.805. The van der Waals surface area contributed by atoms with Gasteiger partial charge in [0.15, 0.2) is 0 Å². The number of hydrogen-bond acceptors (Lipinski definition) is 3. The first-order chi connectivity index (χ1) is 11.4. The van der Waals surface area contributed by atoms with Crippen molar-refractivity contribution in [3.8, 4) is 0 Å². The smallest absolute Gasteiger partial charge is 0.225 e. The molecule has 0 aromatic rings. The van der Waals surface area contributed by atoms with E-state index in [1.165, 1.54) is 12.8 Å². The fourth-order valence-corrected chi connectivity index (χ4v) is 3.85. The maximum absolute atomic E-state index is 12.6. The monoisotopic (exact) mass is 373 g/mol. The first-order valence-electron chi connectivity index (χ1n) is 9.65. The Balaban J connectivity index is 0.00000312. The maximum atomic E-state index is 12.6. The molecular formula is C19H36ClN3O2. The van der Waals surface area contributed by atoms with Crippen LogP contribution in [-0.4, -0.2) is 60.9 Å². The minimum Gasteiger partial charge on any atom is -0.343 e. The van der Waals surface area contributed by atoms with E-state index in [9.17, 15) is 9.59 Å². The van der Waals surface area contributed by atoms with Gasteiger partial charge in [0.25, 0.3) is 0 Å². The highest BCUT2D eigenvalue weighted by Crippen LogP contribution is 2.25. The predicted molar refractivity (Wildman–Crippen MR) is 104 cm³/mol. The predicted octanol–water partition coefficient (Wildman–Crippen LogP) is 2.54. The lowest BCUT2D eigenvalue weighted by Gasteiger charge is -2.35. The molecule has 5 nitrogen and oxygen atoms in total. The van der Waals surface area contributed by atoms with E-state index in [-0.39, 0.29) is 36.2 Å². The molecule has 2 aliphatic rings. The minimum atomic E-state index is 0. The van der Waals surface area contributed by atoms with Crippen LogP contribution in [0.25, 0.3) is 0 Å². The zero-order valence-corrected chi connectivity index (χ0v) is 17.1. The molecule has 0 spiro atoms. The van der Waals surface area contributed by atoms with Crippen LogP contribution in [0.15, 0.2) is 0 Å². The molecule has 2 unspecified atom stereocenters. The number of nitrogens with one attached hydrogen (secondary N) is 1. The first-order valence-corrected chi connectivity index (χ1v) is 9.65. The van der Waals surface area contributed by atoms with Crippen molar-refractivity contribution >= 4 is 24.2 Å². The van der Waals surface area contributed by atoms with Crippen molar-refractivity contribution in [2.75, 3.05) is 33.2 Å². The van der Waals surface area contributed by atoms with Crippen LogP contribution in [0, 0.1) is 17.8 Å². The number of piperidine rings is 2. The largest absolute Gasteiger partial charge is 0.343 e. The lowest BCUT2D eigenvalue weighted by atomic mass is 9.85. The molecule has 0 aliphatic carbocycles. The number of likely N-dealkylation sites (tertiary alicyclic amines) is 1. The van der Waals surface area contributed by atoms with Gasteiger partial charge >= 0.3 is 0 Å². The van der Waals surface area contributed by atoms with E-state index < -0.39 is 0 Å². The summed E-state index contributed by atoms with van der Waals surface area (Å²) in [6, 6.07) is 0.238. The summed E-state index contributed by atoms with van der Waals surface area (Å²) in [7, 11) is 1.88. The zero-order chi connectivity index (χ0) is 17.7. The van der Waals surface area contributed by atoms with Crippen molar-refractivity contribution in [2.24, 2.45) is 17.8 Å². The third-order valence-electron chi connectivity index (χ3n) is 5.96. The molecule has 2 aliphatic heterocycles. The molecule has 146 valence electrons. The lowest BCUT2D eigenvalue weighted by Crippen LogP contribution is -2.45. The highest BCUT2D eigenvalue weighted by Gasteiger charge is 2.31. The molecule has 2 amide bonds. The van der Waals surface area contributed by atoms with Gasteiger partial charge < -0.3 is 15.1 Å². The summed E-state index contributed by atoms with van der Waals surface area (Å²) >= 11 is 0. The summed E-state index contributed by atoms with van der Waals surface area (Å²) in [5.41, 5.74) is 0. The molecule has 25 heavy (non-hydrogen) atoms. The second kappa shape index (κ2) is 10.4. The van der Waals surface area contributed by atoms with Crippen molar-refractivity contribution < 1.29 is 9.59 Å². The Morgan fingerprint density at radius 3 is 2.32 bits per heavy atom. The van der Waals surface area contributed by atoms with Crippen LogP contribution < -0.4 is 5.32 Å². The van der Waals surface area contributed by atoms with Crippen molar-refractivity contribution in [3.05, 3.63) is 0 Å². The van der Waals surface area contributed by atoms with E-state index >= 15 is 0 Å². The Kier molecular flexibility index (Phi) is 9.22. The Hall–Kier alpha value is -0.810. The highest BCUT2D eigenvalue weighted by atomic mass is 35.5. The fraction of sp³-hybridized carbons (Fsp3) is 0.895. The van der Waals surface area contributed by atoms with Crippen LogP contribution in [0.3, 0.4) is 0 Å². The molecule has 1 N–H and O–H groups in total. The van der Waals surface area contributed by atoms with Crippen molar-refractivity contribution in [1.82, 2.24) is 15.1 Å². The van der Waals surface area contributed by atoms with E-state index in [4.69, 9.17) is 0 Å². The summed E-state index contributed by atoms with van der Waals surface area (Å²) in [4.78, 5) is 28.8. The summed E-state index contributed by atoms with van der Waals surface area (Å²) in [6.45, 7) is 9.92. The topological polar surface area (TPSA) is 52.7 Å². The number of nitrogens with zero attached hydrogens (tertiary/aromatic N) is 2. The molecular weight excluding hydrogens is 338 g/mol. The van der Waals surface area contributed by atoms with Gasteiger partial charge in [-0.3, -0.25) is 9.59 Å². The van der Waals surface area contributed by atoms with Crippen LogP contribution in [0.2, 0.25) is 0 Å². The molecule has 0 bridgehead atoms. The number of carbonyl (C=O) groups is 2. The van der Waals surface area contributed by atoms with Gasteiger partial charge in [-0.1, -0.05) is 6.92 Å². The minimum absolute atomic E-state index is 0. The average molecular weight is 374 g/mol. The van der Waals surface area contributed by atoms with Crippen LogP contribution in [0.4, 0.5) is 0 Å². The third kappa shape index (κ3) is 6.14. The molecule has 2 heterocycles. The molecule has 0 aromatic heterocycles. The summed E-state index contributed by atoms with van der Waals surface area (Å²) in [5.74, 6) is 1.66. The van der Waals surface area contributed by atoms with Gasteiger partial charge in [-0.15, -0.1) is 12.4 Å². The average Bonchev–Trinajstić information content (AvgIpc) is 2.61. The molecule has 0 aromatic carbocycles. The summed E-state index contributed by atoms with van der Waals surface area (Å²) in [5, 5.41) is 3.44. The van der Waals surface area contributed by atoms with E-state index in [1.807, 2.05) is 30.7 Å². The van der Waals surface area contributed by atoms with Crippen LogP contribution >= 0.6 is 12.4 Å². The highest BCUT2D eigenvalue weighted by molar-refractivity contribution is 5.85. The second-order valence-corrected chi connectivity index (χ2v) is 7.99. The molecule has 2 saturated heterocycles. The van der Waals surface area contributed by atoms with Gasteiger partial charge in [-0.2, -0.15) is 0 Å². The van der Waals surface area contributed by atoms with Gasteiger partial charge in [0.2, 0.25) is 11.8 Å². The number of hydrogen-bond donors (Lipinski definition) is 1. The molecule has 2 fully saturated rings. The van der Waals surface area contributed by atoms with E-state index in [2.05, 4.69) is 12.2 Å². The third-order valence-corrected chi connectivity index (χ3v) is 5.96. The second-order valence-electron chi connectivity index (χ2n) is 7.99. The lowest BCUT2D eigenvalue weighted by molar-refractivity contribution is -0.141. The Morgan fingerprint density at radius 1 is 1.16 bits per heavy atom. The Labute approximate surface area is 159 Å². The fourth-order valence-electron chi connectivity index (χ4n) is 3.85. The number of carbonyl (C=O) groups excluding carboxylic acids is 2. The van der Waals surface area contributed by atoms with E-state index in [1.54, 1.807) is 0 Å². The molecule has 6 heteroatoms. The van der Waals surface area contributed by atoms with E-state index in [0.717, 1.165) is 39.0 Å². The molecule has 0 radical (unpaired) electrons. The van der Waals surface area contributed by atoms with Gasteiger partial charge in [0.1, 0.15) is 0 Å². The number of halogens is 1. The van der Waals surface area contributed by atoms with Crippen LogP contribution in [-0.2, 0) is 9.59 Å². The van der Waals surface area contributed by atoms with Gasteiger partial charge in [-0.05, 0) is 64.5 Å². The number of amides is 2. The SMILES string of the molecule is CC(CC(=O)N1CCC(C(=O)N(C)C(C)C)CC1)C1CCCNC1.Cl. The summed E-state index contributed by atoms with van der Waals surface area (Å²) in [6.07, 6.45) is 4.72. The normalized spacial score (nSPS) is 23.1. The molecule has 2 rings (SSSR count). The number of rotatable bonds is 5. The van der Waals surface area contributed by atoms with Gasteiger partial charge in [0.05, 0.1) is 0 Å². The zero-order valence-electron chi connectivity index (χ0n) is 16.3. The van der Waals surface area contributed by atoms with Gasteiger partial charge in [0, 0.05) is 38.5 Å². The standard InChI is InChI=1S/C19H35N3O2.ClH/c1-14(2)21(4)19(24)16-7-10-22(11-8-16)18(23)12-15(3)17-6-5-9-20-13-17;/h14-17,20H,5-13H2,1-4H3;1H. The summed E-state index contributed by atoms with van der Waals surface area (Å²) < 4.78 is 0. The first kappa shape index (κ1) is 22.2. The van der Waals surface area contributed by atoms with Crippen LogP contribution in [0.5, 0.6) is 0 Å². The van der Waals surface area contributed by atoms with Gasteiger partial charge in [-0.25, -0.2) is 0 Å². The Morgan fingerprint density at radius 2 is 1.80 bits per heavy atom. The molecule has 2 atom stereocenters.